The van der Waals surface area contributed by atoms with E-state index in [-0.39, 0.29) is 19.0 Å². The van der Waals surface area contributed by atoms with Crippen LogP contribution in [0.25, 0.3) is 10.2 Å². The van der Waals surface area contributed by atoms with Crippen LogP contribution in [0.5, 0.6) is 5.75 Å². The van der Waals surface area contributed by atoms with Gasteiger partial charge in [0.15, 0.2) is 11.6 Å². The highest BCUT2D eigenvalue weighted by Crippen LogP contribution is 2.28. The van der Waals surface area contributed by atoms with Crippen molar-refractivity contribution in [2.75, 3.05) is 6.61 Å². The number of imide groups is 1. The number of halogens is 3. The first-order valence-electron chi connectivity index (χ1n) is 8.03. The number of aromatic nitrogens is 1. The van der Waals surface area contributed by atoms with Crippen LogP contribution in [0.2, 0.25) is 5.02 Å². The van der Waals surface area contributed by atoms with Gasteiger partial charge in [0.2, 0.25) is 0 Å². The number of nitrogens with zero attached hydrogens (tertiary/aromatic N) is 1. The van der Waals surface area contributed by atoms with Crippen molar-refractivity contribution in [3.05, 3.63) is 57.6 Å². The lowest BCUT2D eigenvalue weighted by Crippen LogP contribution is -2.32. The molecule has 3 aromatic rings. The lowest BCUT2D eigenvalue weighted by Gasteiger charge is -2.10. The monoisotopic (exact) mass is 426 g/mol. The zero-order chi connectivity index (χ0) is 20.3. The normalized spacial score (nSPS) is 10.7. The van der Waals surface area contributed by atoms with Gasteiger partial charge in [0.1, 0.15) is 23.0 Å². The second-order valence-electron chi connectivity index (χ2n) is 5.42. The number of alkyl carbamates (subject to hydrolysis) is 1. The van der Waals surface area contributed by atoms with Gasteiger partial charge in [-0.3, -0.25) is 10.1 Å². The van der Waals surface area contributed by atoms with Crippen molar-refractivity contribution in [1.29, 1.82) is 0 Å². The minimum atomic E-state index is -1.27. The van der Waals surface area contributed by atoms with E-state index in [1.165, 1.54) is 18.3 Å². The number of amides is 2. The number of ether oxygens (including phenoxy) is 2. The predicted molar refractivity (Wildman–Crippen MR) is 99.8 cm³/mol. The van der Waals surface area contributed by atoms with E-state index in [9.17, 15) is 18.4 Å². The van der Waals surface area contributed by atoms with E-state index < -0.39 is 29.2 Å². The van der Waals surface area contributed by atoms with Gasteiger partial charge in [-0.25, -0.2) is 18.6 Å². The Bertz CT molecular complexity index is 1060. The predicted octanol–water partition coefficient (Wildman–Crippen LogP) is 4.69. The molecule has 0 aliphatic carbocycles. The van der Waals surface area contributed by atoms with E-state index in [0.717, 1.165) is 16.8 Å². The first-order valence-corrected chi connectivity index (χ1v) is 9.22. The third-order valence-corrected chi connectivity index (χ3v) is 4.76. The van der Waals surface area contributed by atoms with Crippen molar-refractivity contribution in [2.45, 2.75) is 13.5 Å². The van der Waals surface area contributed by atoms with Gasteiger partial charge in [0.05, 0.1) is 16.8 Å². The molecule has 0 saturated carbocycles. The Balaban J connectivity index is 1.78. The summed E-state index contributed by atoms with van der Waals surface area (Å²) in [5.41, 5.74) is -0.271. The average molecular weight is 427 g/mol. The minimum absolute atomic E-state index is 0.000603. The fraction of sp³-hybridized carbons (Fsp3) is 0.167. The summed E-state index contributed by atoms with van der Waals surface area (Å²) in [7, 11) is 0. The molecule has 2 amide bonds. The Morgan fingerprint density at radius 1 is 1.25 bits per heavy atom. The summed E-state index contributed by atoms with van der Waals surface area (Å²) in [4.78, 5) is 27.6. The molecule has 28 heavy (non-hydrogen) atoms. The number of hydrogen-bond acceptors (Lipinski definition) is 6. The van der Waals surface area contributed by atoms with Crippen molar-refractivity contribution < 1.29 is 27.8 Å². The summed E-state index contributed by atoms with van der Waals surface area (Å²) >= 11 is 7.24. The Morgan fingerprint density at radius 2 is 2.04 bits per heavy atom. The number of carbonyl (C=O) groups excluding carboxylic acids is 2. The quantitative estimate of drug-likeness (QED) is 0.640. The van der Waals surface area contributed by atoms with Gasteiger partial charge in [-0.2, -0.15) is 0 Å². The molecule has 0 aliphatic heterocycles. The van der Waals surface area contributed by atoms with Gasteiger partial charge in [0, 0.05) is 5.02 Å². The number of fused-ring (bicyclic) bond motifs is 1. The van der Waals surface area contributed by atoms with Crippen LogP contribution in [0.3, 0.4) is 0 Å². The molecule has 1 N–H and O–H groups in total. The van der Waals surface area contributed by atoms with Crippen molar-refractivity contribution in [3.63, 3.8) is 0 Å². The van der Waals surface area contributed by atoms with Crippen LogP contribution in [-0.2, 0) is 11.3 Å². The molecule has 0 bridgehead atoms. The van der Waals surface area contributed by atoms with E-state index in [0.29, 0.717) is 15.5 Å². The highest BCUT2D eigenvalue weighted by Gasteiger charge is 2.23. The van der Waals surface area contributed by atoms with Crippen LogP contribution in [-0.4, -0.2) is 23.6 Å². The van der Waals surface area contributed by atoms with E-state index in [4.69, 9.17) is 16.3 Å². The molecule has 6 nitrogen and oxygen atoms in total. The summed E-state index contributed by atoms with van der Waals surface area (Å²) in [5, 5.41) is 2.82. The zero-order valence-corrected chi connectivity index (χ0v) is 16.0. The summed E-state index contributed by atoms with van der Waals surface area (Å²) in [6.45, 7) is 1.43. The summed E-state index contributed by atoms with van der Waals surface area (Å²) in [6, 6.07) is 7.13. The molecule has 3 rings (SSSR count). The molecule has 1 aromatic heterocycles. The van der Waals surface area contributed by atoms with Gasteiger partial charge in [-0.15, -0.1) is 11.3 Å². The van der Waals surface area contributed by atoms with Gasteiger partial charge < -0.3 is 9.47 Å². The Hall–Kier alpha value is -2.78. The van der Waals surface area contributed by atoms with Crippen LogP contribution in [0.4, 0.5) is 13.6 Å². The van der Waals surface area contributed by atoms with Crippen LogP contribution in [0.15, 0.2) is 30.3 Å². The van der Waals surface area contributed by atoms with Crippen LogP contribution in [0.1, 0.15) is 22.3 Å². The lowest BCUT2D eigenvalue weighted by molar-refractivity contribution is 0.0915. The maximum Gasteiger partial charge on any atom is 0.414 e. The zero-order valence-electron chi connectivity index (χ0n) is 14.4. The standard InChI is InChI=1S/C18H13ClF2N2O4S/c1-2-26-18(25)23-17(24)15-10(20)4-5-12(16(15)21)27-8-14-22-11-7-9(19)3-6-13(11)28-14/h3-7H,2,8H2,1H3,(H,23,24,25). The van der Waals surface area contributed by atoms with E-state index in [1.54, 1.807) is 23.5 Å². The van der Waals surface area contributed by atoms with Crippen LogP contribution >= 0.6 is 22.9 Å². The second-order valence-corrected chi connectivity index (χ2v) is 6.97. The molecular weight excluding hydrogens is 414 g/mol. The van der Waals surface area contributed by atoms with Crippen molar-refractivity contribution in [1.82, 2.24) is 10.3 Å². The maximum absolute atomic E-state index is 14.6. The molecule has 0 saturated heterocycles. The summed E-state index contributed by atoms with van der Waals surface area (Å²) in [6.07, 6.45) is -1.11. The van der Waals surface area contributed by atoms with E-state index in [1.807, 2.05) is 0 Å². The van der Waals surface area contributed by atoms with Gasteiger partial charge in [-0.05, 0) is 37.3 Å². The molecular formula is C18H13ClF2N2O4S. The highest BCUT2D eigenvalue weighted by atomic mass is 35.5. The Kier molecular flexibility index (Phi) is 6.05. The van der Waals surface area contributed by atoms with Crippen molar-refractivity contribution in [2.24, 2.45) is 0 Å². The van der Waals surface area contributed by atoms with E-state index >= 15 is 0 Å². The molecule has 0 aliphatic rings. The number of benzene rings is 2. The molecule has 0 atom stereocenters. The molecule has 0 radical (unpaired) electrons. The molecule has 146 valence electrons. The van der Waals surface area contributed by atoms with E-state index in [2.05, 4.69) is 9.72 Å². The molecule has 10 heteroatoms. The number of nitrogens with one attached hydrogen (secondary N) is 1. The molecule has 0 fully saturated rings. The SMILES string of the molecule is CCOC(=O)NC(=O)c1c(F)ccc(OCc2nc3cc(Cl)ccc3s2)c1F. The number of hydrogen-bond donors (Lipinski definition) is 1. The lowest BCUT2D eigenvalue weighted by atomic mass is 10.1. The Morgan fingerprint density at radius 3 is 2.79 bits per heavy atom. The second kappa shape index (κ2) is 8.49. The third kappa shape index (κ3) is 4.37. The van der Waals surface area contributed by atoms with Gasteiger partial charge >= 0.3 is 6.09 Å². The minimum Gasteiger partial charge on any atom is -0.483 e. The molecule has 0 unspecified atom stereocenters. The summed E-state index contributed by atoms with van der Waals surface area (Å²) < 4.78 is 39.2. The van der Waals surface area contributed by atoms with Gasteiger partial charge in [0.25, 0.3) is 5.91 Å². The van der Waals surface area contributed by atoms with Gasteiger partial charge in [-0.1, -0.05) is 11.6 Å². The van der Waals surface area contributed by atoms with Crippen molar-refractivity contribution in [3.8, 4) is 5.75 Å². The largest absolute Gasteiger partial charge is 0.483 e. The smallest absolute Gasteiger partial charge is 0.414 e. The molecule has 2 aromatic carbocycles. The molecule has 1 heterocycles. The summed E-state index contributed by atoms with van der Waals surface area (Å²) in [5.74, 6) is -3.99. The average Bonchev–Trinajstić information content (AvgIpc) is 3.03. The topological polar surface area (TPSA) is 77.5 Å². The van der Waals surface area contributed by atoms with Crippen LogP contribution in [0, 0.1) is 11.6 Å². The fourth-order valence-electron chi connectivity index (χ4n) is 2.32. The number of rotatable bonds is 5. The molecule has 0 spiro atoms. The number of carbonyl (C=O) groups is 2. The number of thiazole rings is 1. The first kappa shape index (κ1) is 20.0. The van der Waals surface area contributed by atoms with Crippen LogP contribution < -0.4 is 10.1 Å². The highest BCUT2D eigenvalue weighted by molar-refractivity contribution is 7.18. The first-order chi connectivity index (χ1) is 13.4. The third-order valence-electron chi connectivity index (χ3n) is 3.52. The fourth-order valence-corrected chi connectivity index (χ4v) is 3.35. The van der Waals surface area contributed by atoms with Crippen molar-refractivity contribution >= 4 is 45.2 Å². The Labute approximate surface area is 167 Å². The maximum atomic E-state index is 14.6.